The van der Waals surface area contributed by atoms with Crippen molar-refractivity contribution in [1.82, 2.24) is 5.16 Å². The van der Waals surface area contributed by atoms with Gasteiger partial charge in [0.25, 0.3) is 0 Å². The number of aromatic nitrogens is 1. The maximum Gasteiger partial charge on any atom is 0.235 e. The maximum absolute atomic E-state index is 10.3. The highest BCUT2D eigenvalue weighted by atomic mass is 16.5. The van der Waals surface area contributed by atoms with Crippen molar-refractivity contribution in [1.29, 1.82) is 0 Å². The fraction of sp³-hybridized carbons (Fsp3) is 0.231. The minimum absolute atomic E-state index is 0.297. The van der Waals surface area contributed by atoms with Crippen LogP contribution in [-0.2, 0) is 4.79 Å². The molecular formula is C13H12N2O2. The molecule has 0 N–H and O–H groups in total. The zero-order chi connectivity index (χ0) is 12.3. The Morgan fingerprint density at radius 1 is 1.35 bits per heavy atom. The van der Waals surface area contributed by atoms with Gasteiger partial charge in [0.05, 0.1) is 11.7 Å². The van der Waals surface area contributed by atoms with Gasteiger partial charge in [0, 0.05) is 11.1 Å². The lowest BCUT2D eigenvalue weighted by atomic mass is 10.0. The van der Waals surface area contributed by atoms with E-state index < -0.39 is 0 Å². The number of nitrogens with zero attached hydrogens (tertiary/aromatic N) is 2. The lowest BCUT2D eigenvalue weighted by molar-refractivity contribution is 0.426. The van der Waals surface area contributed by atoms with Gasteiger partial charge in [-0.1, -0.05) is 35.5 Å². The van der Waals surface area contributed by atoms with Gasteiger partial charge in [0.1, 0.15) is 0 Å². The molecule has 2 rings (SSSR count). The van der Waals surface area contributed by atoms with Crippen molar-refractivity contribution >= 4 is 6.08 Å². The quantitative estimate of drug-likeness (QED) is 0.599. The number of hydrogen-bond donors (Lipinski definition) is 0. The number of benzene rings is 1. The molecule has 86 valence electrons. The summed E-state index contributed by atoms with van der Waals surface area (Å²) < 4.78 is 5.31. The van der Waals surface area contributed by atoms with Crippen LogP contribution in [0.2, 0.25) is 0 Å². The molecule has 0 radical (unpaired) electrons. The summed E-state index contributed by atoms with van der Waals surface area (Å²) in [5, 5.41) is 3.93. The van der Waals surface area contributed by atoms with Crippen LogP contribution in [-0.4, -0.2) is 11.2 Å². The van der Waals surface area contributed by atoms with Crippen molar-refractivity contribution in [2.45, 2.75) is 19.9 Å². The van der Waals surface area contributed by atoms with Gasteiger partial charge in [0.15, 0.2) is 5.76 Å². The van der Waals surface area contributed by atoms with Crippen LogP contribution >= 0.6 is 0 Å². The lowest BCUT2D eigenvalue weighted by Gasteiger charge is -2.04. The molecule has 2 aromatic rings. The third-order valence-corrected chi connectivity index (χ3v) is 2.61. The monoisotopic (exact) mass is 228 g/mol. The molecule has 0 aliphatic rings. The molecule has 0 aliphatic heterocycles. The normalized spacial score (nSPS) is 11.9. The fourth-order valence-electron chi connectivity index (χ4n) is 1.81. The maximum atomic E-state index is 10.3. The molecule has 1 heterocycles. The minimum Gasteiger partial charge on any atom is -0.356 e. The van der Waals surface area contributed by atoms with Gasteiger partial charge in [-0.3, -0.25) is 0 Å². The summed E-state index contributed by atoms with van der Waals surface area (Å²) in [6, 6.07) is 9.34. The molecule has 1 unspecified atom stereocenters. The van der Waals surface area contributed by atoms with Crippen LogP contribution < -0.4 is 0 Å². The molecule has 0 aliphatic carbocycles. The molecule has 1 aromatic carbocycles. The van der Waals surface area contributed by atoms with E-state index in [1.807, 2.05) is 44.2 Å². The molecule has 0 fully saturated rings. The second kappa shape index (κ2) is 4.76. The second-order valence-corrected chi connectivity index (χ2v) is 3.77. The van der Waals surface area contributed by atoms with Gasteiger partial charge in [0.2, 0.25) is 6.08 Å². The van der Waals surface area contributed by atoms with E-state index in [0.29, 0.717) is 5.76 Å². The SMILES string of the molecule is Cc1noc(-c2ccccc2)c1C(C)N=C=O. The Kier molecular flexibility index (Phi) is 3.17. The Hall–Kier alpha value is -2.19. The van der Waals surface area contributed by atoms with E-state index in [1.165, 1.54) is 0 Å². The molecule has 17 heavy (non-hydrogen) atoms. The fourth-order valence-corrected chi connectivity index (χ4v) is 1.81. The van der Waals surface area contributed by atoms with Crippen molar-refractivity contribution in [3.63, 3.8) is 0 Å². The third-order valence-electron chi connectivity index (χ3n) is 2.61. The molecule has 1 atom stereocenters. The minimum atomic E-state index is -0.297. The molecule has 0 saturated heterocycles. The highest BCUT2D eigenvalue weighted by molar-refractivity contribution is 5.62. The van der Waals surface area contributed by atoms with Crippen molar-refractivity contribution in [2.75, 3.05) is 0 Å². The van der Waals surface area contributed by atoms with Crippen molar-refractivity contribution in [2.24, 2.45) is 4.99 Å². The summed E-state index contributed by atoms with van der Waals surface area (Å²) >= 11 is 0. The number of aliphatic imine (C=N–C) groups is 1. The van der Waals surface area contributed by atoms with Crippen LogP contribution in [0.3, 0.4) is 0 Å². The van der Waals surface area contributed by atoms with E-state index in [-0.39, 0.29) is 6.04 Å². The van der Waals surface area contributed by atoms with Crippen molar-refractivity contribution in [3.8, 4) is 11.3 Å². The zero-order valence-corrected chi connectivity index (χ0v) is 9.68. The van der Waals surface area contributed by atoms with Crippen LogP contribution in [0.5, 0.6) is 0 Å². The van der Waals surface area contributed by atoms with E-state index in [0.717, 1.165) is 16.8 Å². The summed E-state index contributed by atoms with van der Waals surface area (Å²) in [5.41, 5.74) is 2.51. The summed E-state index contributed by atoms with van der Waals surface area (Å²) in [4.78, 5) is 14.0. The van der Waals surface area contributed by atoms with Crippen molar-refractivity contribution in [3.05, 3.63) is 41.6 Å². The zero-order valence-electron chi connectivity index (χ0n) is 9.68. The number of hydrogen-bond acceptors (Lipinski definition) is 4. The molecule has 0 saturated carbocycles. The number of rotatable bonds is 3. The topological polar surface area (TPSA) is 55.5 Å². The van der Waals surface area contributed by atoms with E-state index >= 15 is 0 Å². The number of carbonyl (C=O) groups excluding carboxylic acids is 1. The smallest absolute Gasteiger partial charge is 0.235 e. The van der Waals surface area contributed by atoms with Gasteiger partial charge in [-0.15, -0.1) is 0 Å². The average Bonchev–Trinajstić information content (AvgIpc) is 2.73. The van der Waals surface area contributed by atoms with Crippen LogP contribution in [0.15, 0.2) is 39.8 Å². The Morgan fingerprint density at radius 3 is 2.71 bits per heavy atom. The van der Waals surface area contributed by atoms with Gasteiger partial charge in [-0.05, 0) is 13.8 Å². The summed E-state index contributed by atoms with van der Waals surface area (Å²) in [6.07, 6.45) is 1.57. The van der Waals surface area contributed by atoms with E-state index in [9.17, 15) is 4.79 Å². The van der Waals surface area contributed by atoms with Crippen LogP contribution in [0, 0.1) is 6.92 Å². The standard InChI is InChI=1S/C13H12N2O2/c1-9(14-8-16)12-10(2)15-17-13(12)11-6-4-3-5-7-11/h3-7,9H,1-2H3. The van der Waals surface area contributed by atoms with Crippen LogP contribution in [0.1, 0.15) is 24.2 Å². The van der Waals surface area contributed by atoms with Crippen molar-refractivity contribution < 1.29 is 9.32 Å². The van der Waals surface area contributed by atoms with E-state index in [2.05, 4.69) is 10.1 Å². The van der Waals surface area contributed by atoms with E-state index in [4.69, 9.17) is 4.52 Å². The highest BCUT2D eigenvalue weighted by Crippen LogP contribution is 2.32. The first kappa shape index (κ1) is 11.3. The molecule has 4 nitrogen and oxygen atoms in total. The molecule has 0 spiro atoms. The largest absolute Gasteiger partial charge is 0.356 e. The second-order valence-electron chi connectivity index (χ2n) is 3.77. The molecule has 0 amide bonds. The Labute approximate surface area is 99.0 Å². The van der Waals surface area contributed by atoms with Gasteiger partial charge < -0.3 is 4.52 Å². The predicted molar refractivity (Wildman–Crippen MR) is 63.2 cm³/mol. The number of aryl methyl sites for hydroxylation is 1. The first-order valence-electron chi connectivity index (χ1n) is 5.32. The summed E-state index contributed by atoms with van der Waals surface area (Å²) in [6.45, 7) is 3.65. The summed E-state index contributed by atoms with van der Waals surface area (Å²) in [7, 11) is 0. The summed E-state index contributed by atoms with van der Waals surface area (Å²) in [5.74, 6) is 0.662. The molecule has 0 bridgehead atoms. The van der Waals surface area contributed by atoms with Crippen LogP contribution in [0.4, 0.5) is 0 Å². The first-order valence-corrected chi connectivity index (χ1v) is 5.32. The third kappa shape index (κ3) is 2.17. The first-order chi connectivity index (χ1) is 8.24. The lowest BCUT2D eigenvalue weighted by Crippen LogP contribution is -1.93. The molecule has 4 heteroatoms. The highest BCUT2D eigenvalue weighted by Gasteiger charge is 2.19. The molecular weight excluding hydrogens is 216 g/mol. The number of isocyanates is 1. The Balaban J connectivity index is 2.53. The van der Waals surface area contributed by atoms with Gasteiger partial charge in [-0.2, -0.15) is 4.99 Å². The van der Waals surface area contributed by atoms with Gasteiger partial charge >= 0.3 is 0 Å². The van der Waals surface area contributed by atoms with E-state index in [1.54, 1.807) is 6.08 Å². The Bertz CT molecular complexity index is 554. The van der Waals surface area contributed by atoms with Crippen LogP contribution in [0.25, 0.3) is 11.3 Å². The molecule has 1 aromatic heterocycles. The predicted octanol–water partition coefficient (Wildman–Crippen LogP) is 3.05. The van der Waals surface area contributed by atoms with Gasteiger partial charge in [-0.25, -0.2) is 4.79 Å². The Morgan fingerprint density at radius 2 is 2.06 bits per heavy atom. The average molecular weight is 228 g/mol.